The predicted octanol–water partition coefficient (Wildman–Crippen LogP) is -3.74. The minimum Gasteiger partial charge on any atom is -0.394 e. The fourth-order valence-electron chi connectivity index (χ4n) is 1.57. The van der Waals surface area contributed by atoms with Crippen LogP contribution in [-0.4, -0.2) is 78.7 Å². The summed E-state index contributed by atoms with van der Waals surface area (Å²) in [6, 6.07) is 0. The number of hydrogen-bond acceptors (Lipinski definition) is 8. The second-order valence-electron chi connectivity index (χ2n) is 3.78. The molecule has 1 heterocycles. The molecule has 0 radical (unpaired) electrons. The van der Waals surface area contributed by atoms with E-state index in [1.54, 1.807) is 0 Å². The topological polar surface area (TPSA) is 177 Å². The van der Waals surface area contributed by atoms with Crippen molar-refractivity contribution in [1.82, 2.24) is 0 Å². The number of rotatable bonds is 4. The van der Waals surface area contributed by atoms with Crippen molar-refractivity contribution in [2.75, 3.05) is 6.61 Å². The molecular formula is C7H15O10P. The SMILES string of the molecule is O=P(O)(O)O[C@H]1[C@@H](O)[C@H](O)[C@@H]([C@@H](O)CO)O[C@@H]1O. The fraction of sp³-hybridized carbons (Fsp3) is 1.00. The molecule has 0 bridgehead atoms. The molecule has 1 aliphatic rings. The molecule has 0 aliphatic carbocycles. The average molecular weight is 290 g/mol. The molecule has 108 valence electrons. The van der Waals surface area contributed by atoms with Gasteiger partial charge >= 0.3 is 7.82 Å². The molecule has 0 unspecified atom stereocenters. The summed E-state index contributed by atoms with van der Waals surface area (Å²) >= 11 is 0. The minimum absolute atomic E-state index is 0.800. The highest BCUT2D eigenvalue weighted by Gasteiger charge is 2.49. The molecule has 0 aromatic carbocycles. The van der Waals surface area contributed by atoms with Crippen LogP contribution in [0.5, 0.6) is 0 Å². The number of aliphatic hydroxyl groups is 5. The van der Waals surface area contributed by atoms with Crippen molar-refractivity contribution in [3.8, 4) is 0 Å². The summed E-state index contributed by atoms with van der Waals surface area (Å²) < 4.78 is 19.3. The van der Waals surface area contributed by atoms with Gasteiger partial charge in [0, 0.05) is 0 Å². The van der Waals surface area contributed by atoms with Gasteiger partial charge in [0.2, 0.25) is 0 Å². The van der Waals surface area contributed by atoms with E-state index in [4.69, 9.17) is 14.9 Å². The van der Waals surface area contributed by atoms with E-state index in [2.05, 4.69) is 9.26 Å². The largest absolute Gasteiger partial charge is 0.470 e. The summed E-state index contributed by atoms with van der Waals surface area (Å²) in [6.07, 6.45) is -10.7. The van der Waals surface area contributed by atoms with Crippen LogP contribution in [0.15, 0.2) is 0 Å². The van der Waals surface area contributed by atoms with E-state index < -0.39 is 51.2 Å². The van der Waals surface area contributed by atoms with Gasteiger partial charge in [-0.2, -0.15) is 0 Å². The summed E-state index contributed by atoms with van der Waals surface area (Å²) in [7, 11) is -5.01. The summed E-state index contributed by atoms with van der Waals surface area (Å²) in [6.45, 7) is -0.800. The minimum atomic E-state index is -5.01. The molecule has 6 atom stereocenters. The van der Waals surface area contributed by atoms with Crippen LogP contribution in [0.4, 0.5) is 0 Å². The van der Waals surface area contributed by atoms with Crippen molar-refractivity contribution in [3.05, 3.63) is 0 Å². The molecule has 1 aliphatic heterocycles. The third-order valence-electron chi connectivity index (χ3n) is 2.43. The fourth-order valence-corrected chi connectivity index (χ4v) is 2.12. The van der Waals surface area contributed by atoms with E-state index >= 15 is 0 Å². The van der Waals surface area contributed by atoms with Gasteiger partial charge in [-0.15, -0.1) is 0 Å². The molecule has 18 heavy (non-hydrogen) atoms. The molecular weight excluding hydrogens is 275 g/mol. The van der Waals surface area contributed by atoms with E-state index in [1.165, 1.54) is 0 Å². The molecule has 10 nitrogen and oxygen atoms in total. The lowest BCUT2D eigenvalue weighted by Crippen LogP contribution is -2.61. The monoisotopic (exact) mass is 290 g/mol. The Hall–Kier alpha value is -0.130. The molecule has 1 saturated heterocycles. The highest BCUT2D eigenvalue weighted by molar-refractivity contribution is 7.46. The maximum absolute atomic E-state index is 10.6. The summed E-state index contributed by atoms with van der Waals surface area (Å²) in [5.41, 5.74) is 0. The lowest BCUT2D eigenvalue weighted by Gasteiger charge is -2.41. The molecule has 1 fully saturated rings. The van der Waals surface area contributed by atoms with Gasteiger partial charge in [0.05, 0.1) is 6.61 Å². The lowest BCUT2D eigenvalue weighted by molar-refractivity contribution is -0.295. The molecule has 7 N–H and O–H groups in total. The van der Waals surface area contributed by atoms with Gasteiger partial charge in [-0.1, -0.05) is 0 Å². The zero-order valence-corrected chi connectivity index (χ0v) is 9.87. The Labute approximate surface area is 101 Å². The van der Waals surface area contributed by atoms with Crippen molar-refractivity contribution in [2.24, 2.45) is 0 Å². The molecule has 0 amide bonds. The third-order valence-corrected chi connectivity index (χ3v) is 2.94. The summed E-state index contributed by atoms with van der Waals surface area (Å²) in [5.74, 6) is 0. The second-order valence-corrected chi connectivity index (χ2v) is 4.97. The Balaban J connectivity index is 2.80. The molecule has 1 rings (SSSR count). The first-order chi connectivity index (χ1) is 8.17. The van der Waals surface area contributed by atoms with Crippen LogP contribution in [0, 0.1) is 0 Å². The molecule has 0 aromatic rings. The van der Waals surface area contributed by atoms with Crippen LogP contribution in [0.25, 0.3) is 0 Å². The number of ether oxygens (including phenoxy) is 1. The van der Waals surface area contributed by atoms with E-state index in [1.807, 2.05) is 0 Å². The Bertz CT molecular complexity index is 317. The van der Waals surface area contributed by atoms with Gasteiger partial charge in [0.25, 0.3) is 0 Å². The van der Waals surface area contributed by atoms with Crippen molar-refractivity contribution in [1.29, 1.82) is 0 Å². The van der Waals surface area contributed by atoms with E-state index in [-0.39, 0.29) is 0 Å². The van der Waals surface area contributed by atoms with Crippen LogP contribution in [-0.2, 0) is 13.8 Å². The maximum atomic E-state index is 10.6. The highest BCUT2D eigenvalue weighted by atomic mass is 31.2. The highest BCUT2D eigenvalue weighted by Crippen LogP contribution is 2.41. The van der Waals surface area contributed by atoms with Crippen molar-refractivity contribution < 1.29 is 49.1 Å². The average Bonchev–Trinajstić information content (AvgIpc) is 2.27. The van der Waals surface area contributed by atoms with Gasteiger partial charge < -0.3 is 40.1 Å². The quantitative estimate of drug-likeness (QED) is 0.254. The smallest absolute Gasteiger partial charge is 0.394 e. The third kappa shape index (κ3) is 3.68. The zero-order chi connectivity index (χ0) is 14.1. The van der Waals surface area contributed by atoms with Crippen LogP contribution in [0.2, 0.25) is 0 Å². The summed E-state index contributed by atoms with van der Waals surface area (Å²) in [4.78, 5) is 17.1. The molecule has 0 saturated carbocycles. The predicted molar refractivity (Wildman–Crippen MR) is 52.9 cm³/mol. The number of aliphatic hydroxyl groups excluding tert-OH is 5. The first-order valence-electron chi connectivity index (χ1n) is 4.90. The Morgan fingerprint density at radius 1 is 1.22 bits per heavy atom. The number of hydrogen-bond donors (Lipinski definition) is 7. The van der Waals surface area contributed by atoms with Crippen LogP contribution in [0.3, 0.4) is 0 Å². The van der Waals surface area contributed by atoms with Gasteiger partial charge in [-0.3, -0.25) is 4.52 Å². The number of phosphoric ester groups is 1. The standard InChI is InChI=1S/C7H15O10P/c8-1-2(9)5-3(10)4(11)6(7(12)16-5)17-18(13,14)15/h2-12H,1H2,(H2,13,14,15)/t2-,3-,4-,5+,6-,7-/m0/s1. The first kappa shape index (κ1) is 15.9. The molecule has 0 aromatic heterocycles. The van der Waals surface area contributed by atoms with Gasteiger partial charge in [-0.25, -0.2) is 4.57 Å². The second kappa shape index (κ2) is 5.88. The molecule has 0 spiro atoms. The van der Waals surface area contributed by atoms with Crippen molar-refractivity contribution in [3.63, 3.8) is 0 Å². The van der Waals surface area contributed by atoms with Crippen molar-refractivity contribution in [2.45, 2.75) is 36.8 Å². The van der Waals surface area contributed by atoms with Gasteiger partial charge in [-0.05, 0) is 0 Å². The maximum Gasteiger partial charge on any atom is 0.470 e. The Morgan fingerprint density at radius 3 is 2.22 bits per heavy atom. The van der Waals surface area contributed by atoms with E-state index in [9.17, 15) is 25.0 Å². The number of phosphoric acid groups is 1. The van der Waals surface area contributed by atoms with Crippen LogP contribution < -0.4 is 0 Å². The van der Waals surface area contributed by atoms with Gasteiger partial charge in [0.15, 0.2) is 6.29 Å². The van der Waals surface area contributed by atoms with Crippen molar-refractivity contribution >= 4 is 7.82 Å². The zero-order valence-electron chi connectivity index (χ0n) is 8.97. The van der Waals surface area contributed by atoms with E-state index in [0.717, 1.165) is 0 Å². The Morgan fingerprint density at radius 2 is 1.78 bits per heavy atom. The lowest BCUT2D eigenvalue weighted by atomic mass is 9.96. The van der Waals surface area contributed by atoms with E-state index in [0.29, 0.717) is 0 Å². The molecule has 11 heteroatoms. The first-order valence-corrected chi connectivity index (χ1v) is 6.43. The van der Waals surface area contributed by atoms with Crippen LogP contribution in [0.1, 0.15) is 0 Å². The normalized spacial score (nSPS) is 39.6. The Kier molecular flexibility index (Phi) is 5.21. The van der Waals surface area contributed by atoms with Crippen LogP contribution >= 0.6 is 7.82 Å². The summed E-state index contributed by atoms with van der Waals surface area (Å²) in [5, 5.41) is 46.4. The van der Waals surface area contributed by atoms with Gasteiger partial charge in [0.1, 0.15) is 30.5 Å².